The van der Waals surface area contributed by atoms with Gasteiger partial charge >= 0.3 is 0 Å². The molecule has 0 spiro atoms. The lowest BCUT2D eigenvalue weighted by atomic mass is 10.1. The van der Waals surface area contributed by atoms with Crippen LogP contribution in [0.25, 0.3) is 0 Å². The summed E-state index contributed by atoms with van der Waals surface area (Å²) < 4.78 is 0. The van der Waals surface area contributed by atoms with Crippen LogP contribution in [0.4, 0.5) is 0 Å². The SMILES string of the molecule is CCCCCCCCC#CCCCCCCCCCC=O. The molecule has 0 aromatic carbocycles. The fraction of sp³-hybridized carbons (Fsp3) is 0.850. The molecular formula is C20H36O. The van der Waals surface area contributed by atoms with Gasteiger partial charge in [-0.1, -0.05) is 71.1 Å². The van der Waals surface area contributed by atoms with Gasteiger partial charge in [-0.15, -0.1) is 11.8 Å². The Balaban J connectivity index is 3.07. The van der Waals surface area contributed by atoms with Crippen molar-refractivity contribution in [2.75, 3.05) is 0 Å². The summed E-state index contributed by atoms with van der Waals surface area (Å²) >= 11 is 0. The highest BCUT2D eigenvalue weighted by Gasteiger charge is 1.91. The molecule has 0 bridgehead atoms. The highest BCUT2D eigenvalue weighted by Crippen LogP contribution is 2.09. The van der Waals surface area contributed by atoms with Crippen molar-refractivity contribution in [2.24, 2.45) is 0 Å². The van der Waals surface area contributed by atoms with Crippen LogP contribution in [-0.2, 0) is 4.79 Å². The topological polar surface area (TPSA) is 17.1 Å². The van der Waals surface area contributed by atoms with Gasteiger partial charge in [0.1, 0.15) is 6.29 Å². The van der Waals surface area contributed by atoms with Gasteiger partial charge in [0.2, 0.25) is 0 Å². The Kier molecular flexibility index (Phi) is 18.5. The first-order chi connectivity index (χ1) is 10.4. The summed E-state index contributed by atoms with van der Waals surface area (Å²) in [5, 5.41) is 0. The lowest BCUT2D eigenvalue weighted by Crippen LogP contribution is -1.81. The monoisotopic (exact) mass is 292 g/mol. The molecule has 0 radical (unpaired) electrons. The fourth-order valence-corrected chi connectivity index (χ4v) is 2.50. The zero-order valence-electron chi connectivity index (χ0n) is 14.3. The van der Waals surface area contributed by atoms with Crippen LogP contribution in [0.2, 0.25) is 0 Å². The van der Waals surface area contributed by atoms with Crippen molar-refractivity contribution in [3.8, 4) is 11.8 Å². The van der Waals surface area contributed by atoms with E-state index in [4.69, 9.17) is 0 Å². The van der Waals surface area contributed by atoms with Gasteiger partial charge in [-0.05, 0) is 19.3 Å². The van der Waals surface area contributed by atoms with Crippen LogP contribution in [0, 0.1) is 11.8 Å². The van der Waals surface area contributed by atoms with Crippen LogP contribution in [0.15, 0.2) is 0 Å². The molecule has 21 heavy (non-hydrogen) atoms. The van der Waals surface area contributed by atoms with Gasteiger partial charge in [0.15, 0.2) is 0 Å². The number of aldehydes is 1. The Morgan fingerprint density at radius 3 is 1.52 bits per heavy atom. The molecule has 1 heteroatoms. The molecule has 0 saturated carbocycles. The third-order valence-electron chi connectivity index (χ3n) is 3.90. The van der Waals surface area contributed by atoms with Crippen LogP contribution in [0.5, 0.6) is 0 Å². The molecule has 0 aliphatic rings. The molecule has 122 valence electrons. The first-order valence-corrected chi connectivity index (χ1v) is 9.31. The number of rotatable bonds is 15. The maximum absolute atomic E-state index is 10.2. The van der Waals surface area contributed by atoms with Crippen molar-refractivity contribution in [1.29, 1.82) is 0 Å². The minimum Gasteiger partial charge on any atom is -0.303 e. The molecule has 0 aromatic heterocycles. The minimum absolute atomic E-state index is 0.744. The molecule has 0 saturated heterocycles. The second-order valence-corrected chi connectivity index (χ2v) is 6.05. The number of hydrogen-bond donors (Lipinski definition) is 0. The van der Waals surface area contributed by atoms with Crippen molar-refractivity contribution in [1.82, 2.24) is 0 Å². The maximum atomic E-state index is 10.2. The summed E-state index contributed by atoms with van der Waals surface area (Å²) in [5.41, 5.74) is 0. The van der Waals surface area contributed by atoms with E-state index < -0.39 is 0 Å². The van der Waals surface area contributed by atoms with E-state index in [0.717, 1.165) is 32.0 Å². The lowest BCUT2D eigenvalue weighted by Gasteiger charge is -1.99. The van der Waals surface area contributed by atoms with Crippen LogP contribution in [0.1, 0.15) is 110 Å². The van der Waals surface area contributed by atoms with Gasteiger partial charge in [-0.3, -0.25) is 0 Å². The number of hydrogen-bond acceptors (Lipinski definition) is 1. The van der Waals surface area contributed by atoms with Gasteiger partial charge in [0.25, 0.3) is 0 Å². The molecule has 0 N–H and O–H groups in total. The Morgan fingerprint density at radius 1 is 0.619 bits per heavy atom. The molecule has 0 atom stereocenters. The van der Waals surface area contributed by atoms with Gasteiger partial charge in [-0.25, -0.2) is 0 Å². The van der Waals surface area contributed by atoms with E-state index >= 15 is 0 Å². The fourth-order valence-electron chi connectivity index (χ4n) is 2.50. The average molecular weight is 293 g/mol. The van der Waals surface area contributed by atoms with Crippen LogP contribution < -0.4 is 0 Å². The number of unbranched alkanes of at least 4 members (excludes halogenated alkanes) is 14. The molecule has 0 aliphatic heterocycles. The standard InChI is InChI=1S/C20H36O/c1-2-3-4-5-6-7-8-9-10-11-12-13-14-15-16-17-18-19-20-21/h20H,2-8,11-19H2,1H3. The largest absolute Gasteiger partial charge is 0.303 e. The van der Waals surface area contributed by atoms with Crippen molar-refractivity contribution < 1.29 is 4.79 Å². The molecule has 0 aromatic rings. The van der Waals surface area contributed by atoms with E-state index in [-0.39, 0.29) is 0 Å². The normalized spacial score (nSPS) is 10.1. The zero-order chi connectivity index (χ0) is 15.4. The van der Waals surface area contributed by atoms with E-state index in [2.05, 4.69) is 18.8 Å². The third-order valence-corrected chi connectivity index (χ3v) is 3.90. The summed E-state index contributed by atoms with van der Waals surface area (Å²) in [6.45, 7) is 2.26. The Morgan fingerprint density at radius 2 is 1.05 bits per heavy atom. The highest BCUT2D eigenvalue weighted by molar-refractivity contribution is 5.48. The second-order valence-electron chi connectivity index (χ2n) is 6.05. The highest BCUT2D eigenvalue weighted by atomic mass is 16.1. The van der Waals surface area contributed by atoms with E-state index in [1.54, 1.807) is 0 Å². The molecule has 0 rings (SSSR count). The average Bonchev–Trinajstić information content (AvgIpc) is 2.50. The van der Waals surface area contributed by atoms with Crippen LogP contribution >= 0.6 is 0 Å². The van der Waals surface area contributed by atoms with Gasteiger partial charge < -0.3 is 4.79 Å². The minimum atomic E-state index is 0.744. The summed E-state index contributed by atoms with van der Waals surface area (Å²) in [7, 11) is 0. The predicted octanol–water partition coefficient (Wildman–Crippen LogP) is 6.45. The summed E-state index contributed by atoms with van der Waals surface area (Å²) in [6, 6.07) is 0. The summed E-state index contributed by atoms with van der Waals surface area (Å²) in [5.74, 6) is 6.64. The van der Waals surface area contributed by atoms with Crippen molar-refractivity contribution in [2.45, 2.75) is 110 Å². The Hall–Kier alpha value is -0.770. The van der Waals surface area contributed by atoms with Crippen LogP contribution in [-0.4, -0.2) is 6.29 Å². The lowest BCUT2D eigenvalue weighted by molar-refractivity contribution is -0.107. The Bertz CT molecular complexity index is 259. The summed E-state index contributed by atoms with van der Waals surface area (Å²) in [6.07, 6.45) is 20.9. The van der Waals surface area contributed by atoms with E-state index in [0.29, 0.717) is 0 Å². The summed E-state index contributed by atoms with van der Waals surface area (Å²) in [4.78, 5) is 10.2. The first kappa shape index (κ1) is 20.2. The third kappa shape index (κ3) is 19.2. The predicted molar refractivity (Wildman–Crippen MR) is 93.4 cm³/mol. The van der Waals surface area contributed by atoms with E-state index in [1.165, 1.54) is 77.0 Å². The van der Waals surface area contributed by atoms with Gasteiger partial charge in [0, 0.05) is 19.3 Å². The molecule has 0 fully saturated rings. The molecule has 0 heterocycles. The molecule has 1 nitrogen and oxygen atoms in total. The molecule has 0 amide bonds. The first-order valence-electron chi connectivity index (χ1n) is 9.31. The van der Waals surface area contributed by atoms with Gasteiger partial charge in [0.05, 0.1) is 0 Å². The van der Waals surface area contributed by atoms with Gasteiger partial charge in [-0.2, -0.15) is 0 Å². The second kappa shape index (κ2) is 19.2. The quantitative estimate of drug-likeness (QED) is 0.192. The number of carbonyl (C=O) groups is 1. The maximum Gasteiger partial charge on any atom is 0.119 e. The number of carbonyl (C=O) groups excluding carboxylic acids is 1. The zero-order valence-corrected chi connectivity index (χ0v) is 14.3. The van der Waals surface area contributed by atoms with E-state index in [1.807, 2.05) is 0 Å². The van der Waals surface area contributed by atoms with Crippen molar-refractivity contribution >= 4 is 6.29 Å². The molecular weight excluding hydrogens is 256 g/mol. The smallest absolute Gasteiger partial charge is 0.119 e. The van der Waals surface area contributed by atoms with E-state index in [9.17, 15) is 4.79 Å². The molecule has 0 aliphatic carbocycles. The van der Waals surface area contributed by atoms with Crippen molar-refractivity contribution in [3.63, 3.8) is 0 Å². The van der Waals surface area contributed by atoms with Crippen molar-refractivity contribution in [3.05, 3.63) is 0 Å². The van der Waals surface area contributed by atoms with Crippen LogP contribution in [0.3, 0.4) is 0 Å². The Labute approximate surface area is 133 Å². The molecule has 0 unspecified atom stereocenters.